The summed E-state index contributed by atoms with van der Waals surface area (Å²) in [5.41, 5.74) is 3.42. The Hall–Kier alpha value is -2.40. The smallest absolute Gasteiger partial charge is 0.225 e. The van der Waals surface area contributed by atoms with Crippen molar-refractivity contribution in [2.24, 2.45) is 17.8 Å². The van der Waals surface area contributed by atoms with Crippen molar-refractivity contribution in [2.45, 2.75) is 89.7 Å². The molecule has 0 saturated heterocycles. The van der Waals surface area contributed by atoms with Crippen LogP contribution in [0.2, 0.25) is 0 Å². The predicted octanol–water partition coefficient (Wildman–Crippen LogP) is 3.66. The first-order valence-electron chi connectivity index (χ1n) is 13.4. The van der Waals surface area contributed by atoms with Gasteiger partial charge in [-0.05, 0) is 63.9 Å². The molecule has 0 amide bonds. The molecule has 10 heteroatoms. The summed E-state index contributed by atoms with van der Waals surface area (Å²) < 4.78 is 1.04. The highest BCUT2D eigenvalue weighted by Crippen LogP contribution is 2.55. The molecule has 3 saturated carbocycles. The zero-order chi connectivity index (χ0) is 26.1. The van der Waals surface area contributed by atoms with E-state index in [-0.39, 0.29) is 11.5 Å². The molecule has 0 radical (unpaired) electrons. The van der Waals surface area contributed by atoms with Gasteiger partial charge in [-0.3, -0.25) is 4.98 Å². The van der Waals surface area contributed by atoms with E-state index in [1.165, 1.54) is 12.8 Å². The number of rotatable bonds is 8. The lowest BCUT2D eigenvalue weighted by molar-refractivity contribution is -0.0345. The van der Waals surface area contributed by atoms with E-state index >= 15 is 0 Å². The van der Waals surface area contributed by atoms with Gasteiger partial charge in [-0.1, -0.05) is 13.8 Å². The maximum atomic E-state index is 10.9. The molecule has 6 rings (SSSR count). The van der Waals surface area contributed by atoms with Crippen LogP contribution in [0.5, 0.6) is 0 Å². The average Bonchev–Trinajstić information content (AvgIpc) is 3.77. The van der Waals surface area contributed by atoms with Crippen LogP contribution in [-0.2, 0) is 0 Å². The molecule has 0 bridgehead atoms. The largest absolute Gasteiger partial charge is 0.392 e. The zero-order valence-electron chi connectivity index (χ0n) is 21.8. The van der Waals surface area contributed by atoms with E-state index in [0.717, 1.165) is 45.0 Å². The topological polar surface area (TPSA) is 136 Å². The minimum atomic E-state index is -1.03. The maximum Gasteiger partial charge on any atom is 0.225 e. The van der Waals surface area contributed by atoms with Crippen LogP contribution in [0.25, 0.3) is 20.8 Å². The second-order valence-corrected chi connectivity index (χ2v) is 12.6. The molecular formula is C27H36N6O3S. The molecule has 3 aromatic rings. The summed E-state index contributed by atoms with van der Waals surface area (Å²) in [7, 11) is 0. The Morgan fingerprint density at radius 2 is 1.81 bits per heavy atom. The van der Waals surface area contributed by atoms with Crippen molar-refractivity contribution < 1.29 is 15.3 Å². The monoisotopic (exact) mass is 524 g/mol. The highest BCUT2D eigenvalue weighted by molar-refractivity contribution is 7.21. The summed E-state index contributed by atoms with van der Waals surface area (Å²) in [6, 6.07) is 1.50. The number of nitrogens with zero attached hydrogens (tertiary/aromatic N) is 4. The number of aryl methyl sites for hydroxylation is 2. The third-order valence-electron chi connectivity index (χ3n) is 8.47. The third-order valence-corrected chi connectivity index (χ3v) is 9.51. The van der Waals surface area contributed by atoms with Crippen molar-refractivity contribution in [3.05, 3.63) is 23.7 Å². The lowest BCUT2D eigenvalue weighted by atomic mass is 9.90. The second-order valence-electron chi connectivity index (χ2n) is 11.5. The van der Waals surface area contributed by atoms with Gasteiger partial charge in [0.15, 0.2) is 0 Å². The maximum absolute atomic E-state index is 10.9. The van der Waals surface area contributed by atoms with Gasteiger partial charge in [0.1, 0.15) is 22.4 Å². The number of thiazole rings is 1. The quantitative estimate of drug-likeness (QED) is 0.299. The van der Waals surface area contributed by atoms with Crippen molar-refractivity contribution in [2.75, 3.05) is 10.6 Å². The fourth-order valence-electron chi connectivity index (χ4n) is 5.93. The number of aliphatic hydroxyl groups excluding tert-OH is 3. The molecule has 3 aliphatic carbocycles. The minimum absolute atomic E-state index is 0.0185. The van der Waals surface area contributed by atoms with E-state index in [1.54, 1.807) is 17.5 Å². The van der Waals surface area contributed by atoms with Crippen molar-refractivity contribution in [1.82, 2.24) is 19.9 Å². The van der Waals surface area contributed by atoms with E-state index in [9.17, 15) is 15.3 Å². The molecular weight excluding hydrogens is 488 g/mol. The van der Waals surface area contributed by atoms with Crippen LogP contribution >= 0.6 is 11.3 Å². The van der Waals surface area contributed by atoms with Crippen molar-refractivity contribution in [1.29, 1.82) is 0 Å². The van der Waals surface area contributed by atoms with E-state index in [1.807, 2.05) is 33.8 Å². The highest BCUT2D eigenvalue weighted by atomic mass is 32.1. The second kappa shape index (κ2) is 9.11. The van der Waals surface area contributed by atoms with Gasteiger partial charge < -0.3 is 26.0 Å². The van der Waals surface area contributed by atoms with Crippen LogP contribution < -0.4 is 10.6 Å². The van der Waals surface area contributed by atoms with E-state index in [2.05, 4.69) is 15.6 Å². The average molecular weight is 525 g/mol. The zero-order valence-corrected chi connectivity index (χ0v) is 22.6. The summed E-state index contributed by atoms with van der Waals surface area (Å²) in [6.45, 7) is 7.76. The molecule has 3 aliphatic rings. The van der Waals surface area contributed by atoms with E-state index in [0.29, 0.717) is 24.1 Å². The Balaban J connectivity index is 1.38. The molecule has 198 valence electrons. The standard InChI is InChI=1S/C27H36N6O3S/c1-12(2)21(34)16-11-17(23(36)22(16)35)30-24-19(25-31-20-14(4)28-10-7-18(20)37-25)13(3)29-26(32-24)33-27(8-9-27)15-5-6-15/h7,10,12,15-17,21-23,34-36H,5-6,8-9,11H2,1-4H3,(H2,29,30,32,33)/t16-,17-,21+,22-,23+/m1/s1. The Kier molecular flexibility index (Phi) is 6.13. The lowest BCUT2D eigenvalue weighted by Crippen LogP contribution is -2.38. The molecule has 5 atom stereocenters. The first kappa shape index (κ1) is 24.9. The van der Waals surface area contributed by atoms with Gasteiger partial charge in [0.05, 0.1) is 39.9 Å². The Labute approximate surface area is 220 Å². The first-order valence-corrected chi connectivity index (χ1v) is 14.2. The van der Waals surface area contributed by atoms with Gasteiger partial charge in [-0.15, -0.1) is 11.3 Å². The number of aromatic nitrogens is 4. The number of hydrogen-bond donors (Lipinski definition) is 5. The van der Waals surface area contributed by atoms with Gasteiger partial charge in [-0.25, -0.2) is 9.97 Å². The summed E-state index contributed by atoms with van der Waals surface area (Å²) in [4.78, 5) is 19.1. The molecule has 0 spiro atoms. The molecule has 37 heavy (non-hydrogen) atoms. The fraction of sp³-hybridized carbons (Fsp3) is 0.630. The normalized spacial score (nSPS) is 27.6. The molecule has 3 aromatic heterocycles. The number of fused-ring (bicyclic) bond motifs is 1. The van der Waals surface area contributed by atoms with Crippen molar-refractivity contribution >= 4 is 33.3 Å². The summed E-state index contributed by atoms with van der Waals surface area (Å²) in [6.07, 6.45) is 4.25. The van der Waals surface area contributed by atoms with Gasteiger partial charge in [0.25, 0.3) is 0 Å². The Morgan fingerprint density at radius 3 is 2.46 bits per heavy atom. The summed E-state index contributed by atoms with van der Waals surface area (Å²) in [5, 5.41) is 40.2. The van der Waals surface area contributed by atoms with Crippen molar-refractivity contribution in [3.63, 3.8) is 0 Å². The van der Waals surface area contributed by atoms with Crippen LogP contribution in [0.4, 0.5) is 11.8 Å². The fourth-order valence-corrected chi connectivity index (χ4v) is 7.04. The number of nitrogens with one attached hydrogen (secondary N) is 2. The minimum Gasteiger partial charge on any atom is -0.392 e. The Morgan fingerprint density at radius 1 is 1.05 bits per heavy atom. The number of hydrogen-bond acceptors (Lipinski definition) is 10. The molecule has 0 unspecified atom stereocenters. The molecule has 9 nitrogen and oxygen atoms in total. The summed E-state index contributed by atoms with van der Waals surface area (Å²) in [5.74, 6) is 1.42. The van der Waals surface area contributed by atoms with Crippen LogP contribution in [0.15, 0.2) is 12.3 Å². The number of pyridine rings is 1. The molecule has 0 aromatic carbocycles. The number of anilines is 2. The van der Waals surface area contributed by atoms with Gasteiger partial charge >= 0.3 is 0 Å². The van der Waals surface area contributed by atoms with E-state index < -0.39 is 30.3 Å². The van der Waals surface area contributed by atoms with E-state index in [4.69, 9.17) is 15.0 Å². The number of aliphatic hydroxyl groups is 3. The van der Waals surface area contributed by atoms with Crippen molar-refractivity contribution in [3.8, 4) is 10.6 Å². The third kappa shape index (κ3) is 4.47. The molecule has 5 N–H and O–H groups in total. The van der Waals surface area contributed by atoms with Crippen LogP contribution in [0.3, 0.4) is 0 Å². The van der Waals surface area contributed by atoms with Gasteiger partial charge in [0.2, 0.25) is 5.95 Å². The molecule has 3 fully saturated rings. The van der Waals surface area contributed by atoms with Gasteiger partial charge in [-0.2, -0.15) is 4.98 Å². The lowest BCUT2D eigenvalue weighted by Gasteiger charge is -2.24. The van der Waals surface area contributed by atoms with Gasteiger partial charge in [0, 0.05) is 17.7 Å². The summed E-state index contributed by atoms with van der Waals surface area (Å²) >= 11 is 1.56. The molecule has 0 aliphatic heterocycles. The first-order chi connectivity index (χ1) is 17.7. The Bertz CT molecular complexity index is 1320. The molecule has 3 heterocycles. The van der Waals surface area contributed by atoms with Crippen LogP contribution in [0.1, 0.15) is 57.3 Å². The van der Waals surface area contributed by atoms with Crippen LogP contribution in [0, 0.1) is 31.6 Å². The SMILES string of the molecule is Cc1nc(NC2(C3CC3)CC2)nc(N[C@@H]2C[C@H]([C@@H](O)C(C)C)[C@@H](O)[C@H]2O)c1-c1nc2c(C)nccc2s1. The van der Waals surface area contributed by atoms with Crippen LogP contribution in [-0.4, -0.2) is 65.1 Å². The highest BCUT2D eigenvalue weighted by Gasteiger charge is 2.54. The predicted molar refractivity (Wildman–Crippen MR) is 145 cm³/mol.